The minimum atomic E-state index is -4.37. The van der Waals surface area contributed by atoms with Crippen LogP contribution in [0.3, 0.4) is 0 Å². The van der Waals surface area contributed by atoms with Gasteiger partial charge in [0.2, 0.25) is 0 Å². The minimum Gasteiger partial charge on any atom is -0.378 e. The predicted molar refractivity (Wildman–Crippen MR) is 80.2 cm³/mol. The van der Waals surface area contributed by atoms with E-state index in [9.17, 15) is 13.2 Å². The lowest BCUT2D eigenvalue weighted by molar-refractivity contribution is -0.137. The van der Waals surface area contributed by atoms with Crippen molar-refractivity contribution in [3.8, 4) is 11.3 Å². The van der Waals surface area contributed by atoms with Gasteiger partial charge in [-0.3, -0.25) is 0 Å². The third-order valence-electron chi connectivity index (χ3n) is 3.65. The highest BCUT2D eigenvalue weighted by molar-refractivity contribution is 5.64. The molecule has 0 bridgehead atoms. The summed E-state index contributed by atoms with van der Waals surface area (Å²) in [7, 11) is 0. The Morgan fingerprint density at radius 3 is 2.52 bits per heavy atom. The van der Waals surface area contributed by atoms with Crippen molar-refractivity contribution in [1.82, 2.24) is 9.97 Å². The first kappa shape index (κ1) is 15.7. The molecule has 0 saturated carbocycles. The van der Waals surface area contributed by atoms with Gasteiger partial charge in [0.25, 0.3) is 0 Å². The third-order valence-corrected chi connectivity index (χ3v) is 3.65. The number of nitrogens with zero attached hydrogens (tertiary/aromatic N) is 3. The van der Waals surface area contributed by atoms with Crippen molar-refractivity contribution in [2.75, 3.05) is 31.2 Å². The molecule has 0 spiro atoms. The average molecular weight is 323 g/mol. The second-order valence-electron chi connectivity index (χ2n) is 5.34. The third kappa shape index (κ3) is 3.61. The number of aromatic nitrogens is 2. The van der Waals surface area contributed by atoms with Crippen LogP contribution in [0.5, 0.6) is 0 Å². The molecule has 0 aliphatic carbocycles. The Morgan fingerprint density at radius 1 is 1.09 bits per heavy atom. The summed E-state index contributed by atoms with van der Waals surface area (Å²) in [5.41, 5.74) is 0.240. The smallest absolute Gasteiger partial charge is 0.378 e. The highest BCUT2D eigenvalue weighted by Gasteiger charge is 2.30. The van der Waals surface area contributed by atoms with Crippen molar-refractivity contribution in [3.63, 3.8) is 0 Å². The largest absolute Gasteiger partial charge is 0.416 e. The summed E-state index contributed by atoms with van der Waals surface area (Å²) >= 11 is 0. The molecule has 7 heteroatoms. The van der Waals surface area contributed by atoms with Crippen molar-refractivity contribution >= 4 is 5.82 Å². The molecule has 1 aromatic carbocycles. The molecule has 3 rings (SSSR count). The van der Waals surface area contributed by atoms with Crippen LogP contribution in [0.25, 0.3) is 11.3 Å². The summed E-state index contributed by atoms with van der Waals surface area (Å²) in [6.07, 6.45) is -4.37. The maximum atomic E-state index is 12.9. The lowest BCUT2D eigenvalue weighted by atomic mass is 10.1. The van der Waals surface area contributed by atoms with Gasteiger partial charge >= 0.3 is 6.18 Å². The molecule has 0 amide bonds. The fourth-order valence-corrected chi connectivity index (χ4v) is 2.51. The van der Waals surface area contributed by atoms with Gasteiger partial charge in [0.1, 0.15) is 11.6 Å². The summed E-state index contributed by atoms with van der Waals surface area (Å²) in [6.45, 7) is 4.38. The summed E-state index contributed by atoms with van der Waals surface area (Å²) in [5, 5.41) is 0. The number of ether oxygens (including phenoxy) is 1. The van der Waals surface area contributed by atoms with Gasteiger partial charge in [0, 0.05) is 24.7 Å². The first-order valence-corrected chi connectivity index (χ1v) is 7.29. The van der Waals surface area contributed by atoms with Gasteiger partial charge in [-0.05, 0) is 19.1 Å². The van der Waals surface area contributed by atoms with Crippen molar-refractivity contribution in [1.29, 1.82) is 0 Å². The monoisotopic (exact) mass is 323 g/mol. The number of morpholine rings is 1. The van der Waals surface area contributed by atoms with Crippen molar-refractivity contribution in [2.45, 2.75) is 13.1 Å². The zero-order valence-electron chi connectivity index (χ0n) is 12.6. The van der Waals surface area contributed by atoms with Crippen LogP contribution in [0.4, 0.5) is 19.0 Å². The van der Waals surface area contributed by atoms with Crippen LogP contribution in [-0.4, -0.2) is 36.3 Å². The molecular weight excluding hydrogens is 307 g/mol. The molecule has 0 N–H and O–H groups in total. The van der Waals surface area contributed by atoms with Crippen LogP contribution in [-0.2, 0) is 10.9 Å². The Labute approximate surface area is 131 Å². The lowest BCUT2D eigenvalue weighted by Crippen LogP contribution is -2.36. The molecule has 2 heterocycles. The zero-order valence-corrected chi connectivity index (χ0v) is 12.6. The first-order chi connectivity index (χ1) is 10.9. The number of hydrogen-bond donors (Lipinski definition) is 0. The van der Waals surface area contributed by atoms with Crippen LogP contribution >= 0.6 is 0 Å². The van der Waals surface area contributed by atoms with Crippen LogP contribution in [0, 0.1) is 6.92 Å². The van der Waals surface area contributed by atoms with E-state index in [1.165, 1.54) is 6.07 Å². The normalized spacial score (nSPS) is 15.7. The van der Waals surface area contributed by atoms with E-state index in [2.05, 4.69) is 14.9 Å². The van der Waals surface area contributed by atoms with E-state index in [1.807, 2.05) is 0 Å². The van der Waals surface area contributed by atoms with Gasteiger partial charge in [-0.15, -0.1) is 0 Å². The lowest BCUT2D eigenvalue weighted by Gasteiger charge is -2.28. The zero-order chi connectivity index (χ0) is 16.4. The van der Waals surface area contributed by atoms with Gasteiger partial charge in [-0.2, -0.15) is 13.2 Å². The van der Waals surface area contributed by atoms with Crippen LogP contribution < -0.4 is 4.90 Å². The average Bonchev–Trinajstić information content (AvgIpc) is 2.54. The molecule has 0 atom stereocenters. The van der Waals surface area contributed by atoms with Crippen LogP contribution in [0.2, 0.25) is 0 Å². The molecule has 1 aromatic heterocycles. The number of halogens is 3. The first-order valence-electron chi connectivity index (χ1n) is 7.29. The van der Waals surface area contributed by atoms with Crippen molar-refractivity contribution in [3.05, 3.63) is 41.7 Å². The molecule has 0 radical (unpaired) electrons. The second-order valence-corrected chi connectivity index (χ2v) is 5.34. The molecule has 1 aliphatic heterocycles. The number of rotatable bonds is 2. The summed E-state index contributed by atoms with van der Waals surface area (Å²) < 4.78 is 43.9. The molecule has 1 aliphatic rings. The fourth-order valence-electron chi connectivity index (χ4n) is 2.51. The molecule has 1 fully saturated rings. The summed E-state index contributed by atoms with van der Waals surface area (Å²) in [4.78, 5) is 10.7. The maximum absolute atomic E-state index is 12.9. The molecule has 4 nitrogen and oxygen atoms in total. The Bertz CT molecular complexity index is 697. The number of hydrogen-bond acceptors (Lipinski definition) is 4. The minimum absolute atomic E-state index is 0.430. The van der Waals surface area contributed by atoms with Gasteiger partial charge in [0.05, 0.1) is 24.5 Å². The van der Waals surface area contributed by atoms with Crippen LogP contribution in [0.1, 0.15) is 11.4 Å². The molecule has 122 valence electrons. The van der Waals surface area contributed by atoms with Gasteiger partial charge in [-0.1, -0.05) is 12.1 Å². The quantitative estimate of drug-likeness (QED) is 0.850. The molecular formula is C16H16F3N3O. The Kier molecular flexibility index (Phi) is 4.21. The summed E-state index contributed by atoms with van der Waals surface area (Å²) in [5.74, 6) is 1.25. The van der Waals surface area contributed by atoms with E-state index in [0.29, 0.717) is 49.2 Å². The van der Waals surface area contributed by atoms with Gasteiger partial charge in [-0.25, -0.2) is 9.97 Å². The van der Waals surface area contributed by atoms with Gasteiger partial charge < -0.3 is 9.64 Å². The van der Waals surface area contributed by atoms with E-state index in [1.54, 1.807) is 19.1 Å². The van der Waals surface area contributed by atoms with Crippen molar-refractivity contribution in [2.24, 2.45) is 0 Å². The summed E-state index contributed by atoms with van der Waals surface area (Å²) in [6, 6.07) is 6.92. The second kappa shape index (κ2) is 6.16. The number of aryl methyl sites for hydroxylation is 1. The molecule has 0 unspecified atom stereocenters. The Balaban J connectivity index is 1.98. The van der Waals surface area contributed by atoms with Gasteiger partial charge in [0.15, 0.2) is 0 Å². The standard InChI is InChI=1S/C16H16F3N3O/c1-11-20-14(10-15(21-11)22-5-7-23-8-6-22)12-3-2-4-13(9-12)16(17,18)19/h2-4,9-10H,5-8H2,1H3. The highest BCUT2D eigenvalue weighted by Crippen LogP contribution is 2.32. The number of anilines is 1. The topological polar surface area (TPSA) is 38.2 Å². The van der Waals surface area contributed by atoms with Crippen molar-refractivity contribution < 1.29 is 17.9 Å². The molecule has 2 aromatic rings. The number of alkyl halides is 3. The van der Waals surface area contributed by atoms with E-state index >= 15 is 0 Å². The van der Waals surface area contributed by atoms with E-state index in [4.69, 9.17) is 4.74 Å². The fraction of sp³-hybridized carbons (Fsp3) is 0.375. The number of benzene rings is 1. The van der Waals surface area contributed by atoms with E-state index in [-0.39, 0.29) is 0 Å². The predicted octanol–water partition coefficient (Wildman–Crippen LogP) is 3.31. The Morgan fingerprint density at radius 2 is 1.83 bits per heavy atom. The van der Waals surface area contributed by atoms with E-state index < -0.39 is 11.7 Å². The SMILES string of the molecule is Cc1nc(-c2cccc(C(F)(F)F)c2)cc(N2CCOCC2)n1. The molecule has 1 saturated heterocycles. The van der Waals surface area contributed by atoms with E-state index in [0.717, 1.165) is 12.1 Å². The molecule has 23 heavy (non-hydrogen) atoms. The Hall–Kier alpha value is -2.15. The van der Waals surface area contributed by atoms with Crippen LogP contribution in [0.15, 0.2) is 30.3 Å². The maximum Gasteiger partial charge on any atom is 0.416 e. The highest BCUT2D eigenvalue weighted by atomic mass is 19.4.